The van der Waals surface area contributed by atoms with Gasteiger partial charge < -0.3 is 4.74 Å². The third-order valence-corrected chi connectivity index (χ3v) is 2.42. The lowest BCUT2D eigenvalue weighted by molar-refractivity contribution is -0.139. The summed E-state index contributed by atoms with van der Waals surface area (Å²) in [6, 6.07) is 8.04. The van der Waals surface area contributed by atoms with Crippen LogP contribution in [0.1, 0.15) is 11.1 Å². The van der Waals surface area contributed by atoms with Crippen LogP contribution in [0.15, 0.2) is 24.3 Å². The van der Waals surface area contributed by atoms with E-state index in [1.54, 1.807) is 0 Å². The number of ether oxygens (including phenoxy) is 1. The Bertz CT molecular complexity index is 306. The van der Waals surface area contributed by atoms with Gasteiger partial charge in [0.25, 0.3) is 0 Å². The first-order valence-corrected chi connectivity index (χ1v) is 4.96. The number of rotatable bonds is 3. The topological polar surface area (TPSA) is 26.3 Å². The van der Waals surface area contributed by atoms with Crippen molar-refractivity contribution < 1.29 is 9.53 Å². The van der Waals surface area contributed by atoms with E-state index < -0.39 is 0 Å². The van der Waals surface area contributed by atoms with Gasteiger partial charge in [-0.2, -0.15) is 12.6 Å². The predicted octanol–water partition coefficient (Wildman–Crippen LogP) is 2.01. The third kappa shape index (κ3) is 3.07. The number of hydrogen-bond acceptors (Lipinski definition) is 3. The number of aryl methyl sites for hydroxylation is 1. The maximum Gasteiger partial charge on any atom is 0.318 e. The third-order valence-electron chi connectivity index (χ3n) is 2.02. The second kappa shape index (κ2) is 5.05. The highest BCUT2D eigenvalue weighted by molar-refractivity contribution is 7.81. The summed E-state index contributed by atoms with van der Waals surface area (Å²) in [7, 11) is 1.38. The van der Waals surface area contributed by atoms with Gasteiger partial charge in [0.2, 0.25) is 0 Å². The smallest absolute Gasteiger partial charge is 0.318 e. The quantitative estimate of drug-likeness (QED) is 0.610. The second-order valence-corrected chi connectivity index (χ2v) is 3.85. The minimum absolute atomic E-state index is 0.283. The van der Waals surface area contributed by atoms with E-state index >= 15 is 0 Å². The van der Waals surface area contributed by atoms with Crippen molar-refractivity contribution in [2.75, 3.05) is 7.11 Å². The van der Waals surface area contributed by atoms with Gasteiger partial charge in [-0.3, -0.25) is 4.79 Å². The largest absolute Gasteiger partial charge is 0.468 e. The average Bonchev–Trinajstić information content (AvgIpc) is 2.20. The number of esters is 1. The van der Waals surface area contributed by atoms with E-state index in [0.717, 1.165) is 5.56 Å². The molecule has 2 nitrogen and oxygen atoms in total. The van der Waals surface area contributed by atoms with Crippen molar-refractivity contribution in [1.29, 1.82) is 0 Å². The van der Waals surface area contributed by atoms with Crippen molar-refractivity contribution in [2.24, 2.45) is 0 Å². The fourth-order valence-corrected chi connectivity index (χ4v) is 1.48. The molecule has 0 aromatic heterocycles. The van der Waals surface area contributed by atoms with Crippen molar-refractivity contribution in [2.45, 2.75) is 18.6 Å². The molecule has 0 radical (unpaired) electrons. The van der Waals surface area contributed by atoms with E-state index in [1.807, 2.05) is 31.2 Å². The summed E-state index contributed by atoms with van der Waals surface area (Å²) in [6.45, 7) is 2.03. The van der Waals surface area contributed by atoms with Crippen LogP contribution in [-0.2, 0) is 16.0 Å². The molecule has 0 amide bonds. The molecule has 1 aromatic rings. The van der Waals surface area contributed by atoms with Crippen LogP contribution < -0.4 is 0 Å². The standard InChI is InChI=1S/C11H14O2S/c1-8-3-5-9(6-4-8)7-10(14)11(12)13-2/h3-6,10,14H,7H2,1-2H3/t10-/m1/s1. The van der Waals surface area contributed by atoms with Crippen molar-refractivity contribution >= 4 is 18.6 Å². The van der Waals surface area contributed by atoms with E-state index in [0.29, 0.717) is 6.42 Å². The van der Waals surface area contributed by atoms with Crippen LogP contribution in [0.25, 0.3) is 0 Å². The minimum atomic E-state index is -0.372. The maximum atomic E-state index is 11.1. The van der Waals surface area contributed by atoms with E-state index in [1.165, 1.54) is 12.7 Å². The van der Waals surface area contributed by atoms with Gasteiger partial charge in [0.1, 0.15) is 5.25 Å². The maximum absolute atomic E-state index is 11.1. The molecular weight excluding hydrogens is 196 g/mol. The van der Waals surface area contributed by atoms with Gasteiger partial charge in [-0.1, -0.05) is 29.8 Å². The lowest BCUT2D eigenvalue weighted by Gasteiger charge is -2.08. The van der Waals surface area contributed by atoms with Crippen LogP contribution in [0.5, 0.6) is 0 Å². The summed E-state index contributed by atoms with van der Waals surface area (Å²) >= 11 is 4.17. The first kappa shape index (κ1) is 11.1. The van der Waals surface area contributed by atoms with Gasteiger partial charge in [0.15, 0.2) is 0 Å². The predicted molar refractivity (Wildman–Crippen MR) is 59.7 cm³/mol. The van der Waals surface area contributed by atoms with Gasteiger partial charge in [-0.05, 0) is 18.9 Å². The van der Waals surface area contributed by atoms with Gasteiger partial charge in [-0.25, -0.2) is 0 Å². The Morgan fingerprint density at radius 3 is 2.50 bits per heavy atom. The molecule has 0 fully saturated rings. The lowest BCUT2D eigenvalue weighted by atomic mass is 10.1. The van der Waals surface area contributed by atoms with Gasteiger partial charge >= 0.3 is 5.97 Å². The number of carbonyl (C=O) groups is 1. The van der Waals surface area contributed by atoms with Crippen molar-refractivity contribution in [1.82, 2.24) is 0 Å². The number of thiol groups is 1. The molecule has 0 bridgehead atoms. The van der Waals surface area contributed by atoms with E-state index in [4.69, 9.17) is 0 Å². The van der Waals surface area contributed by atoms with Crippen molar-refractivity contribution in [3.05, 3.63) is 35.4 Å². The summed E-state index contributed by atoms with van der Waals surface area (Å²) in [5.41, 5.74) is 2.31. The summed E-state index contributed by atoms with van der Waals surface area (Å²) in [5, 5.41) is -0.372. The Kier molecular flexibility index (Phi) is 4.01. The molecule has 0 aliphatic rings. The molecule has 0 saturated heterocycles. The zero-order valence-electron chi connectivity index (χ0n) is 8.36. The zero-order valence-corrected chi connectivity index (χ0v) is 9.25. The molecule has 0 heterocycles. The van der Waals surface area contributed by atoms with Crippen LogP contribution in [0, 0.1) is 6.92 Å². The van der Waals surface area contributed by atoms with Gasteiger partial charge in [-0.15, -0.1) is 0 Å². The molecule has 1 atom stereocenters. The molecule has 1 aromatic carbocycles. The second-order valence-electron chi connectivity index (χ2n) is 3.23. The lowest BCUT2D eigenvalue weighted by Crippen LogP contribution is -2.18. The molecule has 3 heteroatoms. The van der Waals surface area contributed by atoms with Crippen LogP contribution in [0.2, 0.25) is 0 Å². The highest BCUT2D eigenvalue weighted by atomic mass is 32.1. The molecule has 0 N–H and O–H groups in total. The minimum Gasteiger partial charge on any atom is -0.468 e. The Hall–Kier alpha value is -0.960. The van der Waals surface area contributed by atoms with E-state index in [2.05, 4.69) is 17.4 Å². The molecule has 76 valence electrons. The first-order valence-electron chi connectivity index (χ1n) is 4.45. The van der Waals surface area contributed by atoms with Gasteiger partial charge in [0, 0.05) is 0 Å². The number of methoxy groups -OCH3 is 1. The van der Waals surface area contributed by atoms with Crippen LogP contribution >= 0.6 is 12.6 Å². The first-order chi connectivity index (χ1) is 6.63. The molecule has 0 aliphatic heterocycles. The number of hydrogen-bond donors (Lipinski definition) is 1. The normalized spacial score (nSPS) is 12.2. The van der Waals surface area contributed by atoms with Crippen LogP contribution in [0.3, 0.4) is 0 Å². The molecule has 1 rings (SSSR count). The molecule has 0 saturated carbocycles. The molecule has 0 spiro atoms. The summed E-state index contributed by atoms with van der Waals surface area (Å²) in [4.78, 5) is 11.1. The molecule has 0 aliphatic carbocycles. The highest BCUT2D eigenvalue weighted by Crippen LogP contribution is 2.10. The Morgan fingerprint density at radius 1 is 1.43 bits per heavy atom. The average molecular weight is 210 g/mol. The summed E-state index contributed by atoms with van der Waals surface area (Å²) in [6.07, 6.45) is 0.607. The number of benzene rings is 1. The van der Waals surface area contributed by atoms with Crippen LogP contribution in [-0.4, -0.2) is 18.3 Å². The molecular formula is C11H14O2S. The van der Waals surface area contributed by atoms with Crippen molar-refractivity contribution in [3.8, 4) is 0 Å². The fraction of sp³-hybridized carbons (Fsp3) is 0.364. The van der Waals surface area contributed by atoms with Crippen molar-refractivity contribution in [3.63, 3.8) is 0 Å². The summed E-state index contributed by atoms with van der Waals surface area (Å²) < 4.78 is 4.59. The Labute approximate surface area is 89.7 Å². The monoisotopic (exact) mass is 210 g/mol. The Morgan fingerprint density at radius 2 is 2.00 bits per heavy atom. The van der Waals surface area contributed by atoms with E-state index in [-0.39, 0.29) is 11.2 Å². The SMILES string of the molecule is COC(=O)[C@H](S)Cc1ccc(C)cc1. The Balaban J connectivity index is 2.60. The van der Waals surface area contributed by atoms with Gasteiger partial charge in [0.05, 0.1) is 7.11 Å². The van der Waals surface area contributed by atoms with Crippen LogP contribution in [0.4, 0.5) is 0 Å². The molecule has 0 unspecified atom stereocenters. The van der Waals surface area contributed by atoms with E-state index in [9.17, 15) is 4.79 Å². The fourth-order valence-electron chi connectivity index (χ4n) is 1.17. The molecule has 14 heavy (non-hydrogen) atoms. The zero-order chi connectivity index (χ0) is 10.6. The highest BCUT2D eigenvalue weighted by Gasteiger charge is 2.14. The summed E-state index contributed by atoms with van der Waals surface area (Å²) in [5.74, 6) is -0.283. The number of carbonyl (C=O) groups excluding carboxylic acids is 1.